The van der Waals surface area contributed by atoms with Gasteiger partial charge in [-0.15, -0.1) is 0 Å². The SMILES string of the molecule is N#Cc1ccc(/N=N/c2ccc(OCC(F)(F)C(F)(F)C(F)(F)C(F)F)cc2)cc1. The molecular formula is C18H11F8N3O. The molecule has 0 bridgehead atoms. The van der Waals surface area contributed by atoms with E-state index in [0.717, 1.165) is 12.1 Å². The van der Waals surface area contributed by atoms with Crippen LogP contribution in [0.5, 0.6) is 5.75 Å². The predicted molar refractivity (Wildman–Crippen MR) is 88.1 cm³/mol. The first kappa shape index (κ1) is 23.1. The number of ether oxygens (including phenoxy) is 1. The average Bonchev–Trinajstić information content (AvgIpc) is 2.71. The largest absolute Gasteiger partial charge is 0.487 e. The van der Waals surface area contributed by atoms with Crippen molar-refractivity contribution in [2.75, 3.05) is 6.61 Å². The molecule has 0 N–H and O–H groups in total. The van der Waals surface area contributed by atoms with Gasteiger partial charge in [0, 0.05) is 0 Å². The number of nitrogens with zero attached hydrogens (tertiary/aromatic N) is 3. The molecule has 0 atom stereocenters. The van der Waals surface area contributed by atoms with Gasteiger partial charge in [-0.3, -0.25) is 0 Å². The van der Waals surface area contributed by atoms with Crippen LogP contribution in [0.25, 0.3) is 0 Å². The molecule has 0 aliphatic heterocycles. The number of alkyl halides is 8. The van der Waals surface area contributed by atoms with Crippen LogP contribution in [-0.4, -0.2) is 30.8 Å². The van der Waals surface area contributed by atoms with Gasteiger partial charge in [0.25, 0.3) is 0 Å². The fraction of sp³-hybridized carbons (Fsp3) is 0.278. The van der Waals surface area contributed by atoms with Gasteiger partial charge < -0.3 is 4.74 Å². The first-order valence-corrected chi connectivity index (χ1v) is 7.97. The van der Waals surface area contributed by atoms with Crippen LogP contribution >= 0.6 is 0 Å². The molecule has 2 aromatic carbocycles. The summed E-state index contributed by atoms with van der Waals surface area (Å²) in [5.41, 5.74) is 1.01. The lowest BCUT2D eigenvalue weighted by Crippen LogP contribution is -2.59. The third kappa shape index (κ3) is 4.84. The van der Waals surface area contributed by atoms with Gasteiger partial charge >= 0.3 is 24.2 Å². The maximum atomic E-state index is 13.4. The van der Waals surface area contributed by atoms with Gasteiger partial charge in [0.1, 0.15) is 5.75 Å². The minimum absolute atomic E-state index is 0.202. The molecule has 0 unspecified atom stereocenters. The monoisotopic (exact) mass is 437 g/mol. The Bertz CT molecular complexity index is 922. The van der Waals surface area contributed by atoms with E-state index in [9.17, 15) is 35.1 Å². The minimum atomic E-state index is -6.33. The van der Waals surface area contributed by atoms with Gasteiger partial charge in [0.15, 0.2) is 6.61 Å². The van der Waals surface area contributed by atoms with Gasteiger partial charge in [-0.05, 0) is 48.5 Å². The Kier molecular flexibility index (Phi) is 6.64. The van der Waals surface area contributed by atoms with E-state index in [-0.39, 0.29) is 5.69 Å². The second-order valence-electron chi connectivity index (χ2n) is 5.84. The van der Waals surface area contributed by atoms with Gasteiger partial charge in [0.05, 0.1) is 23.0 Å². The van der Waals surface area contributed by atoms with Crippen molar-refractivity contribution in [1.82, 2.24) is 0 Å². The van der Waals surface area contributed by atoms with Crippen LogP contribution in [0.1, 0.15) is 5.56 Å². The lowest BCUT2D eigenvalue weighted by molar-refractivity contribution is -0.342. The topological polar surface area (TPSA) is 57.7 Å². The number of hydrogen-bond acceptors (Lipinski definition) is 4. The van der Waals surface area contributed by atoms with Crippen molar-refractivity contribution >= 4 is 11.4 Å². The van der Waals surface area contributed by atoms with E-state index in [2.05, 4.69) is 15.0 Å². The summed E-state index contributed by atoms with van der Waals surface area (Å²) in [7, 11) is 0. The lowest BCUT2D eigenvalue weighted by atomic mass is 10.1. The van der Waals surface area contributed by atoms with Crippen molar-refractivity contribution < 1.29 is 39.9 Å². The van der Waals surface area contributed by atoms with E-state index in [0.29, 0.717) is 11.3 Å². The highest BCUT2D eigenvalue weighted by Crippen LogP contribution is 2.48. The molecule has 0 radical (unpaired) electrons. The first-order chi connectivity index (χ1) is 13.9. The van der Waals surface area contributed by atoms with Crippen molar-refractivity contribution in [2.24, 2.45) is 10.2 Å². The predicted octanol–water partition coefficient (Wildman–Crippen LogP) is 6.52. The Balaban J connectivity index is 2.03. The zero-order valence-electron chi connectivity index (χ0n) is 14.7. The molecule has 0 saturated carbocycles. The third-order valence-corrected chi connectivity index (χ3v) is 3.69. The molecule has 4 nitrogen and oxygen atoms in total. The number of rotatable bonds is 8. The summed E-state index contributed by atoms with van der Waals surface area (Å²) in [6.45, 7) is -2.26. The summed E-state index contributed by atoms with van der Waals surface area (Å²) in [5.74, 6) is -18.6. The minimum Gasteiger partial charge on any atom is -0.487 e. The summed E-state index contributed by atoms with van der Waals surface area (Å²) in [6, 6.07) is 12.4. The van der Waals surface area contributed by atoms with Crippen molar-refractivity contribution in [3.63, 3.8) is 0 Å². The Hall–Kier alpha value is -3.23. The van der Waals surface area contributed by atoms with Crippen LogP contribution in [0.2, 0.25) is 0 Å². The Morgan fingerprint density at radius 1 is 0.833 bits per heavy atom. The summed E-state index contributed by atoms with van der Waals surface area (Å²) < 4.78 is 107. The van der Waals surface area contributed by atoms with Crippen molar-refractivity contribution in [3.05, 3.63) is 54.1 Å². The molecule has 0 amide bonds. The van der Waals surface area contributed by atoms with Gasteiger partial charge in [-0.2, -0.15) is 41.8 Å². The molecule has 30 heavy (non-hydrogen) atoms. The normalized spacial score (nSPS) is 12.9. The van der Waals surface area contributed by atoms with Gasteiger partial charge in [0.2, 0.25) is 0 Å². The van der Waals surface area contributed by atoms with E-state index in [4.69, 9.17) is 5.26 Å². The molecule has 0 aliphatic rings. The number of nitriles is 1. The molecule has 0 fully saturated rings. The zero-order chi connectivity index (χ0) is 22.6. The molecule has 0 spiro atoms. The number of hydrogen-bond donors (Lipinski definition) is 0. The maximum Gasteiger partial charge on any atom is 0.381 e. The molecule has 2 rings (SSSR count). The first-order valence-electron chi connectivity index (χ1n) is 7.97. The Morgan fingerprint density at radius 3 is 1.73 bits per heavy atom. The highest BCUT2D eigenvalue weighted by Gasteiger charge is 2.75. The Morgan fingerprint density at radius 2 is 1.30 bits per heavy atom. The fourth-order valence-electron chi connectivity index (χ4n) is 1.97. The zero-order valence-corrected chi connectivity index (χ0v) is 14.7. The molecule has 0 heterocycles. The number of azo groups is 1. The van der Waals surface area contributed by atoms with Crippen molar-refractivity contribution in [3.8, 4) is 11.8 Å². The van der Waals surface area contributed by atoms with Crippen molar-refractivity contribution in [1.29, 1.82) is 5.26 Å². The van der Waals surface area contributed by atoms with Gasteiger partial charge in [-0.1, -0.05) is 0 Å². The number of benzene rings is 2. The van der Waals surface area contributed by atoms with E-state index < -0.39 is 36.5 Å². The van der Waals surface area contributed by atoms with E-state index in [1.807, 2.05) is 6.07 Å². The van der Waals surface area contributed by atoms with Crippen LogP contribution < -0.4 is 4.74 Å². The van der Waals surface area contributed by atoms with E-state index >= 15 is 0 Å². The summed E-state index contributed by atoms with van der Waals surface area (Å²) in [6.07, 6.45) is -4.99. The summed E-state index contributed by atoms with van der Waals surface area (Å²) in [5, 5.41) is 16.3. The quantitative estimate of drug-likeness (QED) is 0.349. The highest BCUT2D eigenvalue weighted by molar-refractivity contribution is 5.44. The number of halogens is 8. The molecule has 2 aromatic rings. The second kappa shape index (κ2) is 8.64. The lowest BCUT2D eigenvalue weighted by Gasteiger charge is -2.31. The third-order valence-electron chi connectivity index (χ3n) is 3.69. The second-order valence-corrected chi connectivity index (χ2v) is 5.84. The standard InChI is InChI=1S/C18H11F8N3O/c19-15(20)17(23,24)18(25,26)16(21,22)10-30-14-7-5-13(6-8-14)29-28-12-3-1-11(9-27)2-4-12/h1-8,15H,10H2/b29-28+. The molecule has 0 saturated heterocycles. The van der Waals surface area contributed by atoms with E-state index in [1.165, 1.54) is 36.4 Å². The average molecular weight is 437 g/mol. The smallest absolute Gasteiger partial charge is 0.381 e. The molecule has 12 heteroatoms. The van der Waals surface area contributed by atoms with Crippen LogP contribution in [0.3, 0.4) is 0 Å². The highest BCUT2D eigenvalue weighted by atomic mass is 19.4. The van der Waals surface area contributed by atoms with Crippen LogP contribution in [0.4, 0.5) is 46.5 Å². The molecule has 160 valence electrons. The fourth-order valence-corrected chi connectivity index (χ4v) is 1.97. The van der Waals surface area contributed by atoms with E-state index in [1.54, 1.807) is 0 Å². The molecule has 0 aromatic heterocycles. The molecule has 0 aliphatic carbocycles. The molecular weight excluding hydrogens is 426 g/mol. The summed E-state index contributed by atoms with van der Waals surface area (Å²) >= 11 is 0. The van der Waals surface area contributed by atoms with Crippen LogP contribution in [-0.2, 0) is 0 Å². The Labute approximate surface area is 164 Å². The van der Waals surface area contributed by atoms with Gasteiger partial charge in [-0.25, -0.2) is 8.78 Å². The maximum absolute atomic E-state index is 13.4. The van der Waals surface area contributed by atoms with Crippen LogP contribution in [0.15, 0.2) is 58.8 Å². The summed E-state index contributed by atoms with van der Waals surface area (Å²) in [4.78, 5) is 0. The van der Waals surface area contributed by atoms with Crippen LogP contribution in [0, 0.1) is 11.3 Å². The van der Waals surface area contributed by atoms with Crippen molar-refractivity contribution in [2.45, 2.75) is 24.2 Å².